The van der Waals surface area contributed by atoms with Gasteiger partial charge in [-0.2, -0.15) is 0 Å². The Kier molecular flexibility index (Phi) is 19.1. The maximum atomic E-state index is 13.7. The molecule has 6 heterocycles. The number of rotatable bonds is 11. The Balaban J connectivity index is 0.896. The molecule has 12 aromatic rings. The van der Waals surface area contributed by atoms with Crippen LogP contribution < -0.4 is 28.4 Å². The van der Waals surface area contributed by atoms with Crippen LogP contribution in [0.3, 0.4) is 0 Å². The first kappa shape index (κ1) is 81.4. The molecule has 0 spiro atoms. The molecule has 36 nitrogen and oxygen atoms in total. The van der Waals surface area contributed by atoms with Gasteiger partial charge in [0.15, 0.2) is 99.5 Å². The molecule has 0 saturated heterocycles. The van der Waals surface area contributed by atoms with Crippen molar-refractivity contribution in [2.24, 2.45) is 0 Å². The minimum absolute atomic E-state index is 0.00514. The molecule has 0 fully saturated rings. The molecule has 0 aromatic heterocycles. The summed E-state index contributed by atoms with van der Waals surface area (Å²) in [4.78, 5) is 0. The fourth-order valence-corrected chi connectivity index (χ4v) is 18.6. The van der Waals surface area contributed by atoms with Gasteiger partial charge in [0.25, 0.3) is 0 Å². The van der Waals surface area contributed by atoms with Crippen molar-refractivity contribution >= 4 is 0 Å². The van der Waals surface area contributed by atoms with Gasteiger partial charge in [-0.15, -0.1) is 0 Å². The number of benzene rings is 12. The molecule has 0 radical (unpaired) electrons. The second kappa shape index (κ2) is 29.6. The highest BCUT2D eigenvalue weighted by Crippen LogP contribution is 2.69. The van der Waals surface area contributed by atoms with E-state index >= 15 is 0 Å². The largest absolute Gasteiger partial charge is 0.508 e. The zero-order valence-corrected chi connectivity index (χ0v) is 64.3. The average Bonchev–Trinajstić information content (AvgIpc) is 0.704. The lowest BCUT2D eigenvalue weighted by molar-refractivity contribution is -0.0110. The van der Waals surface area contributed by atoms with Crippen LogP contribution in [-0.4, -0.2) is 190 Å². The monoisotopic (exact) mass is 1730 g/mol. The van der Waals surface area contributed by atoms with Crippen LogP contribution in [0.2, 0.25) is 0 Å². The molecule has 36 heteroatoms. The Hall–Kier alpha value is -15.6. The lowest BCUT2D eigenvalue weighted by Gasteiger charge is -2.45. The van der Waals surface area contributed by atoms with Crippen LogP contribution >= 0.6 is 0 Å². The van der Waals surface area contributed by atoms with E-state index in [2.05, 4.69) is 0 Å². The summed E-state index contributed by atoms with van der Waals surface area (Å²) in [6.07, 6.45) is -25.3. The topological polar surface area (TPSA) is 662 Å². The van der Waals surface area contributed by atoms with Crippen LogP contribution in [0.25, 0.3) is 0 Å². The molecule has 17 atom stereocenters. The molecule has 6 aliphatic rings. The molecule has 30 N–H and O–H groups in total. The van der Waals surface area contributed by atoms with Gasteiger partial charge >= 0.3 is 0 Å². The number of phenolic OH excluding ortho intramolecular Hbond substituents is 24. The molecular formula is C90H74O36. The summed E-state index contributed by atoms with van der Waals surface area (Å²) in [5.74, 6) is -35.9. The van der Waals surface area contributed by atoms with E-state index in [-0.39, 0.29) is 38.9 Å². The zero-order chi connectivity index (χ0) is 89.6. The van der Waals surface area contributed by atoms with Crippen LogP contribution in [0.15, 0.2) is 152 Å². The highest BCUT2D eigenvalue weighted by Gasteiger charge is 2.57. The van der Waals surface area contributed by atoms with Gasteiger partial charge in [-0.25, -0.2) is 0 Å². The number of fused-ring (bicyclic) bond motifs is 6. The maximum Gasteiger partial charge on any atom is 0.157 e. The third-order valence-electron chi connectivity index (χ3n) is 24.3. The van der Waals surface area contributed by atoms with Gasteiger partial charge in [-0.1, -0.05) is 36.4 Å². The van der Waals surface area contributed by atoms with Crippen molar-refractivity contribution in [1.29, 1.82) is 0 Å². The number of aromatic hydroxyl groups is 24. The van der Waals surface area contributed by atoms with Crippen LogP contribution in [0.1, 0.15) is 161 Å². The SMILES string of the molecule is Oc1cc(O)c2c(c1)O[C@H](c1ccc(O)c(O)c1)[C@H](O)C2c1c(O)cc(O)c2c1O[C@H](c1ccc(O)c(O)c1)[C@H](O)C2c1c(O)cc(O)c2c1O[C@H](c1ccc(O)c(O)c1)[C@H](O)C2c1c(O)cc(O)c2c1O[C@H](c1ccc(O)c(O)c1)[C@H](O)C2c1c(O)cc(O)c2c1O[C@H](c1ccc(O)c(O)c1)[C@H](O)C2c1c(O)cc(O)c2c1O[C@H](c1ccc(O)c(O)c1)[C@H](O)C2. The van der Waals surface area contributed by atoms with Crippen molar-refractivity contribution in [3.63, 3.8) is 0 Å². The third kappa shape index (κ3) is 12.6. The minimum Gasteiger partial charge on any atom is -0.508 e. The highest BCUT2D eigenvalue weighted by molar-refractivity contribution is 5.77. The second-order valence-corrected chi connectivity index (χ2v) is 31.6. The van der Waals surface area contributed by atoms with Crippen LogP contribution in [0.5, 0.6) is 172 Å². The Morgan fingerprint density at radius 3 is 0.643 bits per heavy atom. The van der Waals surface area contributed by atoms with Gasteiger partial charge in [0.1, 0.15) is 140 Å². The van der Waals surface area contributed by atoms with Gasteiger partial charge in [-0.3, -0.25) is 0 Å². The first-order valence-electron chi connectivity index (χ1n) is 38.6. The summed E-state index contributed by atoms with van der Waals surface area (Å²) in [7, 11) is 0. The Morgan fingerprint density at radius 2 is 0.389 bits per heavy atom. The summed E-state index contributed by atoms with van der Waals surface area (Å²) >= 11 is 0. The van der Waals surface area contributed by atoms with Gasteiger partial charge in [0.2, 0.25) is 0 Å². The molecule has 0 aliphatic carbocycles. The summed E-state index contributed by atoms with van der Waals surface area (Å²) in [5, 5.41) is 360. The van der Waals surface area contributed by atoms with Crippen molar-refractivity contribution in [1.82, 2.24) is 0 Å². The van der Waals surface area contributed by atoms with Gasteiger partial charge in [-0.05, 0) is 106 Å². The van der Waals surface area contributed by atoms with Crippen LogP contribution in [0, 0.1) is 0 Å². The molecule has 0 bridgehead atoms. The smallest absolute Gasteiger partial charge is 0.157 e. The molecule has 5 unspecified atom stereocenters. The average molecular weight is 1730 g/mol. The number of hydrogen-bond donors (Lipinski definition) is 30. The third-order valence-corrected chi connectivity index (χ3v) is 24.3. The highest BCUT2D eigenvalue weighted by atomic mass is 16.5. The lowest BCUT2D eigenvalue weighted by Crippen LogP contribution is -2.40. The molecule has 126 heavy (non-hydrogen) atoms. The van der Waals surface area contributed by atoms with Crippen molar-refractivity contribution in [3.05, 3.63) is 246 Å². The van der Waals surface area contributed by atoms with E-state index in [0.717, 1.165) is 115 Å². The Bertz CT molecular complexity index is 6550. The van der Waals surface area contributed by atoms with E-state index in [1.165, 1.54) is 12.1 Å². The number of ether oxygens (including phenoxy) is 6. The standard InChI is InChI=1S/C90H74O36/c91-33-19-48(105)60-59(20-33)121-81(28-2-8-36(93)43(100)14-28)75(116)70(60)62-50(107)23-52(109)64-72(77(118)83(123-87(62)64)30-4-10-38(95)45(102)16-30)66-54(111)25-56(113)68-74(79(120)85(125-89(66)68)32-6-12-40(97)47(104)18-32)69-57(114)26-55(112)67-73(78(119)84(126-90(67)69)31-5-11-39(96)46(103)17-31)65-53(110)24-51(108)63-71(76(117)82(124-88(63)65)29-3-9-37(94)44(101)15-29)61-49(106)22-41(98)34-21-58(115)80(122-86(34)61)27-1-7-35(92)42(99)13-27/h1-20,22-26,58,70-85,91-120H,21H2/t58-,70?,71?,72?,73?,74?,75-,76-,77-,78-,79-,80-,81-,82-,83-,84-,85-/m1/s1. The Labute approximate surface area is 706 Å². The van der Waals surface area contributed by atoms with Gasteiger partial charge in [0, 0.05) is 110 Å². The molecule has 12 aromatic carbocycles. The normalized spacial score (nSPS) is 24.3. The molecule has 650 valence electrons. The summed E-state index contributed by atoms with van der Waals surface area (Å²) < 4.78 is 39.9. The predicted molar refractivity (Wildman–Crippen MR) is 426 cm³/mol. The number of aliphatic hydroxyl groups excluding tert-OH is 6. The first-order chi connectivity index (χ1) is 59.9. The van der Waals surface area contributed by atoms with Crippen LogP contribution in [0.4, 0.5) is 0 Å². The van der Waals surface area contributed by atoms with Crippen LogP contribution in [-0.2, 0) is 6.42 Å². The second-order valence-electron chi connectivity index (χ2n) is 31.6. The van der Waals surface area contributed by atoms with Gasteiger partial charge in [0.05, 0.1) is 35.7 Å². The molecule has 0 amide bonds. The lowest BCUT2D eigenvalue weighted by atomic mass is 9.70. The quantitative estimate of drug-likeness (QED) is 0.0538. The van der Waals surface area contributed by atoms with Gasteiger partial charge < -0.3 is 182 Å². The first-order valence-corrected chi connectivity index (χ1v) is 38.6. The Morgan fingerprint density at radius 1 is 0.183 bits per heavy atom. The van der Waals surface area contributed by atoms with E-state index in [9.17, 15) is 153 Å². The minimum atomic E-state index is -2.44. The fourth-order valence-electron chi connectivity index (χ4n) is 18.6. The molecule has 18 rings (SSSR count). The summed E-state index contributed by atoms with van der Waals surface area (Å²) in [6.45, 7) is 0. The number of aliphatic hydroxyl groups is 6. The number of hydrogen-bond acceptors (Lipinski definition) is 36. The molecular weight excluding hydrogens is 1660 g/mol. The van der Waals surface area contributed by atoms with Crippen molar-refractivity contribution in [2.45, 2.75) is 109 Å². The number of phenols is 24. The van der Waals surface area contributed by atoms with Crippen molar-refractivity contribution in [3.8, 4) is 172 Å². The van der Waals surface area contributed by atoms with Crippen molar-refractivity contribution < 1.29 is 182 Å². The van der Waals surface area contributed by atoms with Crippen molar-refractivity contribution in [2.75, 3.05) is 0 Å². The van der Waals surface area contributed by atoms with E-state index in [1.807, 2.05) is 0 Å². The maximum absolute atomic E-state index is 13.7. The van der Waals surface area contributed by atoms with E-state index in [1.54, 1.807) is 0 Å². The van der Waals surface area contributed by atoms with E-state index in [0.29, 0.717) is 24.3 Å². The van der Waals surface area contributed by atoms with E-state index < -0.39 is 337 Å². The fraction of sp³-hybridized carbons (Fsp3) is 0.200. The zero-order valence-electron chi connectivity index (χ0n) is 64.3. The molecule has 0 saturated carbocycles. The summed E-state index contributed by atoms with van der Waals surface area (Å²) in [6, 6.07) is 23.6. The summed E-state index contributed by atoms with van der Waals surface area (Å²) in [5.41, 5.74) is -8.39. The molecule has 6 aliphatic heterocycles. The van der Waals surface area contributed by atoms with E-state index in [4.69, 9.17) is 28.4 Å². The predicted octanol–water partition coefficient (Wildman–Crippen LogP) is 8.79.